The summed E-state index contributed by atoms with van der Waals surface area (Å²) in [4.78, 5) is 11.5. The molecule has 0 atom stereocenters. The molecule has 1 aliphatic rings. The average Bonchev–Trinajstić information content (AvgIpc) is 2.18. The van der Waals surface area contributed by atoms with Crippen LogP contribution in [0.4, 0.5) is 0 Å². The third kappa shape index (κ3) is 3.02. The van der Waals surface area contributed by atoms with Crippen molar-refractivity contribution in [2.45, 2.75) is 46.0 Å². The molecule has 1 rings (SSSR count). The van der Waals surface area contributed by atoms with Crippen molar-refractivity contribution in [2.75, 3.05) is 6.54 Å². The maximum Gasteiger partial charge on any atom is 0.223 e. The van der Waals surface area contributed by atoms with Gasteiger partial charge in [-0.25, -0.2) is 0 Å². The fourth-order valence-electron chi connectivity index (χ4n) is 2.15. The van der Waals surface area contributed by atoms with Crippen LogP contribution < -0.4 is 5.32 Å². The number of hydrogen-bond donors (Lipinski definition) is 1. The second-order valence-corrected chi connectivity index (χ2v) is 4.02. The Hall–Kier alpha value is -0.530. The van der Waals surface area contributed by atoms with Crippen molar-refractivity contribution < 1.29 is 4.79 Å². The summed E-state index contributed by atoms with van der Waals surface area (Å²) in [5.74, 6) is 1.46. The molecule has 76 valence electrons. The maximum atomic E-state index is 11.5. The minimum Gasteiger partial charge on any atom is -0.356 e. The summed E-state index contributed by atoms with van der Waals surface area (Å²) in [6.07, 6.45) is 5.98. The first-order chi connectivity index (χ1) is 6.27. The van der Waals surface area contributed by atoms with Crippen LogP contribution in [0.1, 0.15) is 46.0 Å². The van der Waals surface area contributed by atoms with Crippen LogP contribution >= 0.6 is 0 Å². The van der Waals surface area contributed by atoms with Gasteiger partial charge in [0.25, 0.3) is 0 Å². The highest BCUT2D eigenvalue weighted by Crippen LogP contribution is 2.30. The Balaban J connectivity index is 2.28. The predicted molar refractivity (Wildman–Crippen MR) is 54.4 cm³/mol. The molecule has 0 heterocycles. The van der Waals surface area contributed by atoms with E-state index in [-0.39, 0.29) is 5.91 Å². The smallest absolute Gasteiger partial charge is 0.223 e. The monoisotopic (exact) mass is 183 g/mol. The van der Waals surface area contributed by atoms with E-state index in [0.29, 0.717) is 5.92 Å². The molecule has 0 spiro atoms. The Morgan fingerprint density at radius 3 is 2.31 bits per heavy atom. The second-order valence-electron chi connectivity index (χ2n) is 4.02. The van der Waals surface area contributed by atoms with Crippen LogP contribution in [-0.2, 0) is 4.79 Å². The molecule has 0 unspecified atom stereocenters. The minimum absolute atomic E-state index is 0.275. The zero-order valence-electron chi connectivity index (χ0n) is 8.81. The van der Waals surface area contributed by atoms with Gasteiger partial charge in [0.2, 0.25) is 5.91 Å². The fourth-order valence-corrected chi connectivity index (χ4v) is 2.15. The molecule has 1 amide bonds. The average molecular weight is 183 g/mol. The van der Waals surface area contributed by atoms with Gasteiger partial charge in [-0.05, 0) is 38.5 Å². The Kier molecular flexibility index (Phi) is 4.26. The van der Waals surface area contributed by atoms with Crippen LogP contribution in [-0.4, -0.2) is 12.5 Å². The number of hydrogen-bond acceptors (Lipinski definition) is 1. The summed E-state index contributed by atoms with van der Waals surface area (Å²) in [6.45, 7) is 5.00. The van der Waals surface area contributed by atoms with Gasteiger partial charge in [0, 0.05) is 12.5 Å². The molecule has 13 heavy (non-hydrogen) atoms. The van der Waals surface area contributed by atoms with Crippen molar-refractivity contribution in [3.8, 4) is 0 Å². The van der Waals surface area contributed by atoms with Crippen molar-refractivity contribution in [3.05, 3.63) is 0 Å². The summed E-state index contributed by atoms with van der Waals surface area (Å²) in [5.41, 5.74) is 0. The third-order valence-corrected chi connectivity index (χ3v) is 3.15. The Morgan fingerprint density at radius 2 is 1.85 bits per heavy atom. The van der Waals surface area contributed by atoms with E-state index >= 15 is 0 Å². The summed E-state index contributed by atoms with van der Waals surface area (Å²) in [7, 11) is 0. The lowest BCUT2D eigenvalue weighted by Gasteiger charge is -2.26. The van der Waals surface area contributed by atoms with Crippen LogP contribution in [0.5, 0.6) is 0 Å². The van der Waals surface area contributed by atoms with Crippen molar-refractivity contribution in [1.82, 2.24) is 5.32 Å². The molecule has 0 aromatic heterocycles. The maximum absolute atomic E-state index is 11.5. The van der Waals surface area contributed by atoms with E-state index in [9.17, 15) is 4.79 Å². The van der Waals surface area contributed by atoms with Gasteiger partial charge in [0.05, 0.1) is 0 Å². The molecule has 0 saturated heterocycles. The highest BCUT2D eigenvalue weighted by Gasteiger charge is 2.24. The molecule has 1 aliphatic carbocycles. The van der Waals surface area contributed by atoms with Crippen molar-refractivity contribution in [1.29, 1.82) is 0 Å². The first-order valence-corrected chi connectivity index (χ1v) is 5.55. The number of nitrogens with one attached hydrogen (secondary N) is 1. The van der Waals surface area contributed by atoms with Gasteiger partial charge in [0.1, 0.15) is 0 Å². The van der Waals surface area contributed by atoms with Crippen LogP contribution in [0.2, 0.25) is 0 Å². The van der Waals surface area contributed by atoms with Crippen molar-refractivity contribution >= 4 is 5.91 Å². The van der Waals surface area contributed by atoms with Gasteiger partial charge in [-0.15, -0.1) is 0 Å². The van der Waals surface area contributed by atoms with Gasteiger partial charge < -0.3 is 5.32 Å². The standard InChI is InChI=1S/C11H21NO/c1-3-9-5-7-10(8-6-9)11(13)12-4-2/h9-10H,3-8H2,1-2H3,(H,12,13)/t9-,10+. The normalized spacial score (nSPS) is 28.5. The van der Waals surface area contributed by atoms with Crippen LogP contribution in [0, 0.1) is 11.8 Å². The van der Waals surface area contributed by atoms with Crippen molar-refractivity contribution in [2.24, 2.45) is 11.8 Å². The lowest BCUT2D eigenvalue weighted by Crippen LogP contribution is -2.32. The SMILES string of the molecule is CCNC(=O)[C@H]1CC[C@@H](CC)CC1. The zero-order valence-corrected chi connectivity index (χ0v) is 8.81. The highest BCUT2D eigenvalue weighted by molar-refractivity contribution is 5.78. The molecule has 1 fully saturated rings. The van der Waals surface area contributed by atoms with Gasteiger partial charge in [-0.1, -0.05) is 13.3 Å². The first kappa shape index (κ1) is 10.6. The second kappa shape index (κ2) is 5.25. The van der Waals surface area contributed by atoms with Gasteiger partial charge in [-0.3, -0.25) is 4.79 Å². The number of carbonyl (C=O) groups is 1. The molecule has 0 aliphatic heterocycles. The van der Waals surface area contributed by atoms with Crippen LogP contribution in [0.3, 0.4) is 0 Å². The number of rotatable bonds is 3. The number of amides is 1. The molecule has 2 heteroatoms. The molecule has 0 aromatic carbocycles. The molecule has 0 radical (unpaired) electrons. The molecular weight excluding hydrogens is 162 g/mol. The molecule has 0 aromatic rings. The van der Waals surface area contributed by atoms with E-state index in [1.54, 1.807) is 0 Å². The molecule has 1 saturated carbocycles. The fraction of sp³-hybridized carbons (Fsp3) is 0.909. The molecule has 0 bridgehead atoms. The first-order valence-electron chi connectivity index (χ1n) is 5.55. The third-order valence-electron chi connectivity index (χ3n) is 3.15. The Morgan fingerprint density at radius 1 is 1.23 bits per heavy atom. The lowest BCUT2D eigenvalue weighted by molar-refractivity contribution is -0.126. The Labute approximate surface area is 81.1 Å². The Bertz CT molecular complexity index is 159. The summed E-state index contributed by atoms with van der Waals surface area (Å²) in [6, 6.07) is 0. The van der Waals surface area contributed by atoms with Crippen LogP contribution in [0.25, 0.3) is 0 Å². The molecule has 1 N–H and O–H groups in total. The van der Waals surface area contributed by atoms with E-state index in [1.165, 1.54) is 19.3 Å². The zero-order chi connectivity index (χ0) is 9.68. The lowest BCUT2D eigenvalue weighted by atomic mass is 9.80. The topological polar surface area (TPSA) is 29.1 Å². The summed E-state index contributed by atoms with van der Waals surface area (Å²) in [5, 5.41) is 2.91. The van der Waals surface area contributed by atoms with E-state index in [1.807, 2.05) is 6.92 Å². The quantitative estimate of drug-likeness (QED) is 0.715. The van der Waals surface area contributed by atoms with Crippen molar-refractivity contribution in [3.63, 3.8) is 0 Å². The number of carbonyl (C=O) groups excluding carboxylic acids is 1. The molecule has 2 nitrogen and oxygen atoms in total. The van der Waals surface area contributed by atoms with Gasteiger partial charge in [0.15, 0.2) is 0 Å². The highest BCUT2D eigenvalue weighted by atomic mass is 16.1. The van der Waals surface area contributed by atoms with Crippen LogP contribution in [0.15, 0.2) is 0 Å². The van der Waals surface area contributed by atoms with Gasteiger partial charge >= 0.3 is 0 Å². The largest absolute Gasteiger partial charge is 0.356 e. The predicted octanol–water partition coefficient (Wildman–Crippen LogP) is 2.34. The van der Waals surface area contributed by atoms with E-state index in [0.717, 1.165) is 25.3 Å². The van der Waals surface area contributed by atoms with E-state index < -0.39 is 0 Å². The van der Waals surface area contributed by atoms with E-state index in [2.05, 4.69) is 12.2 Å². The van der Waals surface area contributed by atoms with E-state index in [4.69, 9.17) is 0 Å². The summed E-state index contributed by atoms with van der Waals surface area (Å²) >= 11 is 0. The summed E-state index contributed by atoms with van der Waals surface area (Å²) < 4.78 is 0. The minimum atomic E-state index is 0.275. The molecular formula is C11H21NO. The van der Waals surface area contributed by atoms with Gasteiger partial charge in [-0.2, -0.15) is 0 Å².